The minimum absolute atomic E-state index is 0.234. The van der Waals surface area contributed by atoms with Gasteiger partial charge in [0.05, 0.1) is 10.7 Å². The van der Waals surface area contributed by atoms with Crippen LogP contribution < -0.4 is 5.32 Å². The van der Waals surface area contributed by atoms with E-state index in [1.807, 2.05) is 60.7 Å². The number of nitrogens with one attached hydrogen (secondary N) is 1. The number of aromatic nitrogens is 3. The number of anilines is 1. The Labute approximate surface area is 239 Å². The number of furan rings is 1. The lowest BCUT2D eigenvalue weighted by Gasteiger charge is -2.12. The Hall–Kier alpha value is -3.78. The second kappa shape index (κ2) is 11.1. The molecular formula is C26H17N5O4S4. The summed E-state index contributed by atoms with van der Waals surface area (Å²) in [6, 6.07) is 20.8. The van der Waals surface area contributed by atoms with Crippen molar-refractivity contribution < 1.29 is 18.4 Å². The van der Waals surface area contributed by atoms with E-state index in [-0.39, 0.29) is 12.5 Å². The normalized spacial score (nSPS) is 14.6. The zero-order valence-electron chi connectivity index (χ0n) is 19.9. The van der Waals surface area contributed by atoms with Crippen molar-refractivity contribution in [2.45, 2.75) is 11.0 Å². The van der Waals surface area contributed by atoms with Crippen LogP contribution >= 0.6 is 47.1 Å². The molecule has 3 aromatic heterocycles. The largest absolute Gasteiger partial charge is 0.457 e. The summed E-state index contributed by atoms with van der Waals surface area (Å²) in [5, 5.41) is 12.4. The van der Waals surface area contributed by atoms with Crippen LogP contribution in [-0.4, -0.2) is 42.8 Å². The number of nitrogens with zero attached hydrogens (tertiary/aromatic N) is 4. The minimum atomic E-state index is -0.425. The predicted octanol–water partition coefficient (Wildman–Crippen LogP) is 6.07. The van der Waals surface area contributed by atoms with Gasteiger partial charge >= 0.3 is 0 Å². The van der Waals surface area contributed by atoms with E-state index < -0.39 is 5.91 Å². The SMILES string of the molecule is O=C(CN1C(=O)/C(=C/c2ccc(-c3ccccc3)o2)SC1=S)Nc1nnc(CSc2nc3ccccc3o2)s1. The van der Waals surface area contributed by atoms with Gasteiger partial charge in [0, 0.05) is 11.6 Å². The van der Waals surface area contributed by atoms with E-state index in [0.29, 0.717) is 41.9 Å². The lowest BCUT2D eigenvalue weighted by Crippen LogP contribution is -2.36. The molecule has 0 radical (unpaired) electrons. The maximum Gasteiger partial charge on any atom is 0.266 e. The lowest BCUT2D eigenvalue weighted by molar-refractivity contribution is -0.126. The summed E-state index contributed by atoms with van der Waals surface area (Å²) in [6.07, 6.45) is 1.63. The van der Waals surface area contributed by atoms with Gasteiger partial charge in [0.25, 0.3) is 11.1 Å². The first kappa shape index (κ1) is 25.5. The Morgan fingerprint density at radius 2 is 1.87 bits per heavy atom. The van der Waals surface area contributed by atoms with Crippen LogP contribution in [-0.2, 0) is 15.3 Å². The number of carbonyl (C=O) groups is 2. The number of hydrogen-bond donors (Lipinski definition) is 1. The number of rotatable bonds is 8. The van der Waals surface area contributed by atoms with Crippen LogP contribution in [0, 0.1) is 0 Å². The fourth-order valence-electron chi connectivity index (χ4n) is 3.65. The average molecular weight is 592 g/mol. The van der Waals surface area contributed by atoms with Crippen molar-refractivity contribution in [3.05, 3.63) is 82.4 Å². The van der Waals surface area contributed by atoms with Crippen LogP contribution in [0.4, 0.5) is 5.13 Å². The van der Waals surface area contributed by atoms with Gasteiger partial charge in [0.1, 0.15) is 32.9 Å². The lowest BCUT2D eigenvalue weighted by atomic mass is 10.2. The molecular weight excluding hydrogens is 575 g/mol. The second-order valence-electron chi connectivity index (χ2n) is 8.12. The van der Waals surface area contributed by atoms with E-state index in [4.69, 9.17) is 21.1 Å². The summed E-state index contributed by atoms with van der Waals surface area (Å²) in [7, 11) is 0. The highest BCUT2D eigenvalue weighted by atomic mass is 32.2. The van der Waals surface area contributed by atoms with Gasteiger partial charge in [-0.2, -0.15) is 0 Å². The smallest absolute Gasteiger partial charge is 0.266 e. The van der Waals surface area contributed by atoms with E-state index in [1.54, 1.807) is 12.1 Å². The van der Waals surface area contributed by atoms with E-state index in [1.165, 1.54) is 28.0 Å². The first-order valence-corrected chi connectivity index (χ1v) is 14.6. The fourth-order valence-corrected chi connectivity index (χ4v) is 6.47. The molecule has 0 saturated carbocycles. The highest BCUT2D eigenvalue weighted by molar-refractivity contribution is 8.26. The number of thiocarbonyl (C=S) groups is 1. The molecule has 0 bridgehead atoms. The minimum Gasteiger partial charge on any atom is -0.457 e. The molecule has 4 heterocycles. The van der Waals surface area contributed by atoms with Crippen molar-refractivity contribution in [3.8, 4) is 11.3 Å². The maximum atomic E-state index is 13.0. The molecule has 6 rings (SSSR count). The van der Waals surface area contributed by atoms with Crippen molar-refractivity contribution in [1.29, 1.82) is 0 Å². The number of hydrogen-bond acceptors (Lipinski definition) is 11. The molecule has 13 heteroatoms. The molecule has 9 nitrogen and oxygen atoms in total. The summed E-state index contributed by atoms with van der Waals surface area (Å²) >= 11 is 9.11. The van der Waals surface area contributed by atoms with Crippen molar-refractivity contribution in [3.63, 3.8) is 0 Å². The van der Waals surface area contributed by atoms with Gasteiger partial charge in [0.15, 0.2) is 5.58 Å². The Morgan fingerprint density at radius 3 is 2.72 bits per heavy atom. The molecule has 1 aliphatic heterocycles. The third-order valence-corrected chi connectivity index (χ3v) is 8.68. The van der Waals surface area contributed by atoms with Crippen molar-refractivity contribution in [2.75, 3.05) is 11.9 Å². The molecule has 0 aliphatic carbocycles. The van der Waals surface area contributed by atoms with E-state index in [0.717, 1.165) is 28.4 Å². The molecule has 2 aromatic carbocycles. The van der Waals surface area contributed by atoms with Gasteiger partial charge in [-0.1, -0.05) is 89.5 Å². The standard InChI is InChI=1S/C26H17N5O4S4/c32-21(28-24-30-29-22(39-24)14-37-25-27-17-8-4-5-9-19(17)35-25)13-31-23(33)20(38-26(31)36)12-16-10-11-18(34-16)15-6-2-1-3-7-15/h1-12H,13-14H2,(H,28,30,32)/b20-12-. The molecule has 1 saturated heterocycles. The third kappa shape index (κ3) is 5.81. The van der Waals surface area contributed by atoms with Gasteiger partial charge in [-0.05, 0) is 24.3 Å². The van der Waals surface area contributed by atoms with Gasteiger partial charge in [-0.3, -0.25) is 19.8 Å². The molecule has 1 N–H and O–H groups in total. The van der Waals surface area contributed by atoms with Crippen LogP contribution in [0.2, 0.25) is 0 Å². The fraction of sp³-hybridized carbons (Fsp3) is 0.0769. The Bertz CT molecular complexity index is 1690. The highest BCUT2D eigenvalue weighted by Gasteiger charge is 2.34. The van der Waals surface area contributed by atoms with Gasteiger partial charge in [-0.15, -0.1) is 10.2 Å². The van der Waals surface area contributed by atoms with Crippen LogP contribution in [0.3, 0.4) is 0 Å². The molecule has 0 unspecified atom stereocenters. The van der Waals surface area contributed by atoms with Crippen LogP contribution in [0.25, 0.3) is 28.5 Å². The van der Waals surface area contributed by atoms with Crippen molar-refractivity contribution >= 4 is 85.5 Å². The number of carbonyl (C=O) groups excluding carboxylic acids is 2. The maximum absolute atomic E-state index is 13.0. The van der Waals surface area contributed by atoms with Gasteiger partial charge < -0.3 is 8.83 Å². The average Bonchev–Trinajstić information content (AvgIpc) is 3.73. The monoisotopic (exact) mass is 591 g/mol. The quantitative estimate of drug-likeness (QED) is 0.129. The van der Waals surface area contributed by atoms with Crippen molar-refractivity contribution in [2.24, 2.45) is 0 Å². The first-order chi connectivity index (χ1) is 19.0. The molecule has 0 atom stereocenters. The number of oxazole rings is 1. The number of benzene rings is 2. The van der Waals surface area contributed by atoms with E-state index >= 15 is 0 Å². The van der Waals surface area contributed by atoms with Crippen molar-refractivity contribution in [1.82, 2.24) is 20.1 Å². The Balaban J connectivity index is 1.04. The number of fused-ring (bicyclic) bond motifs is 1. The van der Waals surface area contributed by atoms with E-state index in [2.05, 4.69) is 20.5 Å². The van der Waals surface area contributed by atoms with Crippen LogP contribution in [0.5, 0.6) is 0 Å². The van der Waals surface area contributed by atoms with Gasteiger partial charge in [0.2, 0.25) is 11.0 Å². The number of para-hydroxylation sites is 2. The summed E-state index contributed by atoms with van der Waals surface area (Å²) in [5.74, 6) is 0.923. The molecule has 2 amide bonds. The molecule has 194 valence electrons. The third-order valence-electron chi connectivity index (χ3n) is 5.44. The number of thioether (sulfide) groups is 2. The summed E-state index contributed by atoms with van der Waals surface area (Å²) in [5.41, 5.74) is 2.44. The zero-order valence-corrected chi connectivity index (χ0v) is 23.2. The predicted molar refractivity (Wildman–Crippen MR) is 156 cm³/mol. The topological polar surface area (TPSA) is 114 Å². The zero-order chi connectivity index (χ0) is 26.8. The molecule has 1 aliphatic rings. The second-order valence-corrected chi connectivity index (χ2v) is 11.8. The summed E-state index contributed by atoms with van der Waals surface area (Å²) < 4.78 is 11.9. The Morgan fingerprint density at radius 1 is 1.05 bits per heavy atom. The highest BCUT2D eigenvalue weighted by Crippen LogP contribution is 2.34. The van der Waals surface area contributed by atoms with Crippen LogP contribution in [0.15, 0.2) is 85.7 Å². The first-order valence-electron chi connectivity index (χ1n) is 11.5. The molecule has 39 heavy (non-hydrogen) atoms. The summed E-state index contributed by atoms with van der Waals surface area (Å²) in [6.45, 7) is -0.234. The van der Waals surface area contributed by atoms with Crippen LogP contribution in [0.1, 0.15) is 10.8 Å². The summed E-state index contributed by atoms with van der Waals surface area (Å²) in [4.78, 5) is 31.7. The Kier molecular flexibility index (Phi) is 7.28. The van der Waals surface area contributed by atoms with Gasteiger partial charge in [-0.25, -0.2) is 4.98 Å². The molecule has 5 aromatic rings. The molecule has 1 fully saturated rings. The van der Waals surface area contributed by atoms with E-state index in [9.17, 15) is 9.59 Å². The number of amides is 2. The molecule has 0 spiro atoms.